The van der Waals surface area contributed by atoms with Gasteiger partial charge in [-0.1, -0.05) is 13.3 Å². The van der Waals surface area contributed by atoms with Gasteiger partial charge in [0, 0.05) is 48.3 Å². The molecule has 1 aliphatic carbocycles. The summed E-state index contributed by atoms with van der Waals surface area (Å²) in [5, 5.41) is 20.3. The van der Waals surface area contributed by atoms with Crippen molar-refractivity contribution in [2.45, 2.75) is 26.2 Å². The third-order valence-corrected chi connectivity index (χ3v) is 6.55. The fraction of sp³-hybridized carbons (Fsp3) is 0.280. The Balaban J connectivity index is 1.43. The summed E-state index contributed by atoms with van der Waals surface area (Å²) in [5.41, 5.74) is 2.73. The molecule has 5 rings (SSSR count). The van der Waals surface area contributed by atoms with Gasteiger partial charge in [0.1, 0.15) is 11.6 Å². The number of hydrogen-bond donors (Lipinski definition) is 1. The van der Waals surface area contributed by atoms with E-state index in [1.165, 1.54) is 18.5 Å². The van der Waals surface area contributed by atoms with Gasteiger partial charge in [0.05, 0.1) is 11.8 Å². The number of aromatic nitrogens is 4. The highest BCUT2D eigenvalue weighted by Crippen LogP contribution is 2.56. The monoisotopic (exact) mass is 445 g/mol. The van der Waals surface area contributed by atoms with E-state index in [0.717, 1.165) is 22.9 Å². The normalized spacial score (nSPS) is 19.6. The third kappa shape index (κ3) is 3.82. The second-order valence-electron chi connectivity index (χ2n) is 8.71. The first-order chi connectivity index (χ1) is 15.9. The van der Waals surface area contributed by atoms with Crippen molar-refractivity contribution in [3.8, 4) is 11.1 Å². The fourth-order valence-corrected chi connectivity index (χ4v) is 4.79. The molecule has 1 fully saturated rings. The molecule has 1 amide bonds. The van der Waals surface area contributed by atoms with Gasteiger partial charge < -0.3 is 10.5 Å². The molecule has 168 valence electrons. The van der Waals surface area contributed by atoms with Crippen LogP contribution in [0.5, 0.6) is 0 Å². The van der Waals surface area contributed by atoms with Crippen LogP contribution in [0, 0.1) is 29.8 Å². The van der Waals surface area contributed by atoms with Gasteiger partial charge in [-0.3, -0.25) is 9.48 Å². The summed E-state index contributed by atoms with van der Waals surface area (Å²) in [6.07, 6.45) is 8.98. The van der Waals surface area contributed by atoms with Gasteiger partial charge >= 0.3 is 0 Å². The van der Waals surface area contributed by atoms with Crippen molar-refractivity contribution in [2.75, 3.05) is 5.32 Å². The van der Waals surface area contributed by atoms with Crippen molar-refractivity contribution < 1.29 is 13.9 Å². The Bertz CT molecular complexity index is 1380. The molecule has 0 unspecified atom stereocenters. The topological polar surface area (TPSA) is 86.8 Å². The summed E-state index contributed by atoms with van der Waals surface area (Å²) in [5.74, 6) is 0.218. The number of carbonyl (C=O) groups is 1. The summed E-state index contributed by atoms with van der Waals surface area (Å²) in [6.45, 7) is 3.92. The highest BCUT2D eigenvalue weighted by Gasteiger charge is 2.54. The number of carbonyl (C=O) groups excluding carboxylic acids is 1. The van der Waals surface area contributed by atoms with Crippen LogP contribution in [0.2, 0.25) is 0 Å². The smallest absolute Gasteiger partial charge is 0.229 e. The van der Waals surface area contributed by atoms with E-state index in [4.69, 9.17) is 0 Å². The first-order valence-corrected chi connectivity index (χ1v) is 10.9. The summed E-state index contributed by atoms with van der Waals surface area (Å²) in [4.78, 5) is 17.3. The number of benzene rings is 1. The van der Waals surface area contributed by atoms with E-state index in [1.54, 1.807) is 29.1 Å². The number of hydrogen-bond acceptors (Lipinski definition) is 4. The molecular weight excluding hydrogens is 421 g/mol. The van der Waals surface area contributed by atoms with Gasteiger partial charge in [-0.25, -0.2) is 9.37 Å². The number of halogens is 1. The van der Waals surface area contributed by atoms with Crippen LogP contribution in [0.1, 0.15) is 30.4 Å². The zero-order chi connectivity index (χ0) is 23.3. The van der Waals surface area contributed by atoms with Crippen molar-refractivity contribution in [3.05, 3.63) is 77.4 Å². The van der Waals surface area contributed by atoms with Crippen LogP contribution in [0.3, 0.4) is 0 Å². The van der Waals surface area contributed by atoms with E-state index in [2.05, 4.69) is 22.3 Å². The molecule has 0 spiro atoms. The molecule has 1 aliphatic rings. The Morgan fingerprint density at radius 2 is 2.06 bits per heavy atom. The lowest BCUT2D eigenvalue weighted by Gasteiger charge is -2.10. The minimum atomic E-state index is -0.432. The number of pyridine rings is 2. The van der Waals surface area contributed by atoms with Gasteiger partial charge in [-0.2, -0.15) is 9.83 Å². The van der Waals surface area contributed by atoms with E-state index in [1.807, 2.05) is 26.4 Å². The second kappa shape index (κ2) is 7.95. The molecule has 1 saturated carbocycles. The van der Waals surface area contributed by atoms with Crippen LogP contribution in [-0.4, -0.2) is 20.7 Å². The lowest BCUT2D eigenvalue weighted by Crippen LogP contribution is -2.24. The number of anilines is 1. The van der Waals surface area contributed by atoms with Crippen LogP contribution in [-0.2, 0) is 11.8 Å². The molecule has 33 heavy (non-hydrogen) atoms. The van der Waals surface area contributed by atoms with Gasteiger partial charge in [-0.15, -0.1) is 0 Å². The summed E-state index contributed by atoms with van der Waals surface area (Å²) in [7, 11) is 1.87. The van der Waals surface area contributed by atoms with E-state index in [9.17, 15) is 14.4 Å². The predicted octanol–water partition coefficient (Wildman–Crippen LogP) is 4.09. The van der Waals surface area contributed by atoms with Crippen molar-refractivity contribution in [3.63, 3.8) is 0 Å². The van der Waals surface area contributed by atoms with Crippen LogP contribution in [0.4, 0.5) is 10.2 Å². The molecule has 3 aromatic heterocycles. The molecule has 0 radical (unpaired) electrons. The standard InChI is InChI=1S/C25H24FN5O2/c1-4-18-23(17-11-28-30(3)12-17)24(18)25(32)29-22-9-15-7-19(21(26)8-16(15)10-27-22)20-13-31(33)6-5-14(20)2/h5-13,18,23-24H,4H2,1-3H3,(H,27,29,32)/t18-,23-,24-/m1/s1. The van der Waals surface area contributed by atoms with Crippen molar-refractivity contribution >= 4 is 22.5 Å². The zero-order valence-corrected chi connectivity index (χ0v) is 18.6. The average molecular weight is 445 g/mol. The van der Waals surface area contributed by atoms with E-state index >= 15 is 0 Å². The van der Waals surface area contributed by atoms with E-state index in [-0.39, 0.29) is 23.7 Å². The minimum absolute atomic E-state index is 0.0730. The minimum Gasteiger partial charge on any atom is -0.619 e. The maximum absolute atomic E-state index is 14.8. The molecule has 7 nitrogen and oxygen atoms in total. The first kappa shape index (κ1) is 21.1. The summed E-state index contributed by atoms with van der Waals surface area (Å²) in [6, 6.07) is 6.48. The molecule has 0 bridgehead atoms. The highest BCUT2D eigenvalue weighted by atomic mass is 19.1. The van der Waals surface area contributed by atoms with Crippen LogP contribution in [0.25, 0.3) is 21.9 Å². The highest BCUT2D eigenvalue weighted by molar-refractivity contribution is 5.97. The van der Waals surface area contributed by atoms with Crippen LogP contribution >= 0.6 is 0 Å². The van der Waals surface area contributed by atoms with E-state index < -0.39 is 5.82 Å². The van der Waals surface area contributed by atoms with Gasteiger partial charge in [0.25, 0.3) is 0 Å². The Hall–Kier alpha value is -3.81. The number of amides is 1. The van der Waals surface area contributed by atoms with Crippen molar-refractivity contribution in [1.82, 2.24) is 14.8 Å². The summed E-state index contributed by atoms with van der Waals surface area (Å²) >= 11 is 0. The molecule has 1 aromatic carbocycles. The first-order valence-electron chi connectivity index (χ1n) is 10.9. The molecule has 4 aromatic rings. The molecule has 0 aliphatic heterocycles. The SMILES string of the molecule is CC[C@H]1[C@@H](C(=O)Nc2cc3cc(-c4c[n+]([O-])ccc4C)c(F)cc3cn2)[C@@H]1c1cnn(C)c1. The fourth-order valence-electron chi connectivity index (χ4n) is 4.79. The molecule has 3 heterocycles. The zero-order valence-electron chi connectivity index (χ0n) is 18.6. The average Bonchev–Trinajstić information content (AvgIpc) is 3.38. The summed E-state index contributed by atoms with van der Waals surface area (Å²) < 4.78 is 17.2. The lowest BCUT2D eigenvalue weighted by atomic mass is 9.99. The quantitative estimate of drug-likeness (QED) is 0.370. The molecule has 0 saturated heterocycles. The number of fused-ring (bicyclic) bond motifs is 1. The van der Waals surface area contributed by atoms with E-state index in [0.29, 0.717) is 27.1 Å². The Morgan fingerprint density at radius 1 is 1.24 bits per heavy atom. The lowest BCUT2D eigenvalue weighted by molar-refractivity contribution is -0.604. The Morgan fingerprint density at radius 3 is 2.79 bits per heavy atom. The molecular formula is C25H24FN5O2. The number of aryl methyl sites for hydroxylation is 2. The maximum atomic E-state index is 14.8. The van der Waals surface area contributed by atoms with Crippen LogP contribution < -0.4 is 10.0 Å². The number of rotatable bonds is 5. The van der Waals surface area contributed by atoms with Crippen LogP contribution in [0.15, 0.2) is 55.2 Å². The van der Waals surface area contributed by atoms with Crippen molar-refractivity contribution in [1.29, 1.82) is 0 Å². The number of nitrogens with one attached hydrogen (secondary N) is 1. The third-order valence-electron chi connectivity index (χ3n) is 6.55. The second-order valence-corrected chi connectivity index (χ2v) is 8.71. The molecule has 8 heteroatoms. The molecule has 1 N–H and O–H groups in total. The largest absolute Gasteiger partial charge is 0.619 e. The Labute approximate surface area is 190 Å². The maximum Gasteiger partial charge on any atom is 0.229 e. The predicted molar refractivity (Wildman–Crippen MR) is 123 cm³/mol. The van der Waals surface area contributed by atoms with Crippen molar-refractivity contribution in [2.24, 2.45) is 18.9 Å². The van der Waals surface area contributed by atoms with Gasteiger partial charge in [0.2, 0.25) is 5.91 Å². The Kier molecular flexibility index (Phi) is 5.08. The number of nitrogens with zero attached hydrogens (tertiary/aromatic N) is 4. The molecule has 3 atom stereocenters. The van der Waals surface area contributed by atoms with Gasteiger partial charge in [-0.05, 0) is 47.6 Å². The van der Waals surface area contributed by atoms with Gasteiger partial charge in [0.15, 0.2) is 12.4 Å².